The fourth-order valence-corrected chi connectivity index (χ4v) is 1.81. The Morgan fingerprint density at radius 1 is 1.11 bits per heavy atom. The number of carbonyl (C=O) groups excluding carboxylic acids is 1. The van der Waals surface area contributed by atoms with Gasteiger partial charge in [0.1, 0.15) is 0 Å². The molecular formula is C15H13NO3. The van der Waals surface area contributed by atoms with Crippen molar-refractivity contribution in [2.24, 2.45) is 0 Å². The Labute approximate surface area is 110 Å². The van der Waals surface area contributed by atoms with Gasteiger partial charge >= 0.3 is 5.97 Å². The molecule has 0 unspecified atom stereocenters. The first-order valence-electron chi connectivity index (χ1n) is 5.78. The fourth-order valence-electron chi connectivity index (χ4n) is 1.81. The number of rotatable bonds is 3. The third-order valence-corrected chi connectivity index (χ3v) is 2.74. The van der Waals surface area contributed by atoms with E-state index >= 15 is 0 Å². The van der Waals surface area contributed by atoms with Crippen molar-refractivity contribution in [3.05, 3.63) is 54.1 Å². The fraction of sp³-hybridized carbons (Fsp3) is 0.0667. The Morgan fingerprint density at radius 3 is 2.53 bits per heavy atom. The highest BCUT2D eigenvalue weighted by Crippen LogP contribution is 2.23. The number of benzene rings is 2. The van der Waals surface area contributed by atoms with Gasteiger partial charge in [-0.05, 0) is 18.4 Å². The van der Waals surface area contributed by atoms with Gasteiger partial charge in [0.05, 0.1) is 0 Å². The highest BCUT2D eigenvalue weighted by Gasteiger charge is 2.08. The van der Waals surface area contributed by atoms with Gasteiger partial charge in [-0.25, -0.2) is 4.79 Å². The first kappa shape index (κ1) is 12.8. The van der Waals surface area contributed by atoms with Crippen LogP contribution in [-0.4, -0.2) is 17.0 Å². The predicted molar refractivity (Wildman–Crippen MR) is 74.0 cm³/mol. The molecule has 2 aromatic rings. The lowest BCUT2D eigenvalue weighted by molar-refractivity contribution is -0.131. The highest BCUT2D eigenvalue weighted by molar-refractivity contribution is 6.10. The molecule has 0 fully saturated rings. The van der Waals surface area contributed by atoms with Gasteiger partial charge in [0.25, 0.3) is 5.91 Å². The summed E-state index contributed by atoms with van der Waals surface area (Å²) in [5.41, 5.74) is 0.821. The average Bonchev–Trinajstić information content (AvgIpc) is 2.38. The van der Waals surface area contributed by atoms with Crippen LogP contribution in [0.15, 0.2) is 54.1 Å². The molecule has 0 radical (unpaired) electrons. The van der Waals surface area contributed by atoms with Crippen LogP contribution in [0.5, 0.6) is 0 Å². The maximum absolute atomic E-state index is 11.8. The lowest BCUT2D eigenvalue weighted by atomic mass is 10.1. The first-order valence-corrected chi connectivity index (χ1v) is 5.78. The summed E-state index contributed by atoms with van der Waals surface area (Å²) in [7, 11) is 0. The van der Waals surface area contributed by atoms with Crippen molar-refractivity contribution in [3.63, 3.8) is 0 Å². The minimum absolute atomic E-state index is 0.153. The number of anilines is 1. The van der Waals surface area contributed by atoms with Gasteiger partial charge in [-0.3, -0.25) is 4.79 Å². The van der Waals surface area contributed by atoms with E-state index in [9.17, 15) is 9.59 Å². The van der Waals surface area contributed by atoms with Crippen LogP contribution in [0.25, 0.3) is 10.8 Å². The topological polar surface area (TPSA) is 66.4 Å². The average molecular weight is 255 g/mol. The molecule has 1 amide bonds. The van der Waals surface area contributed by atoms with Crippen molar-refractivity contribution in [3.8, 4) is 0 Å². The van der Waals surface area contributed by atoms with Crippen LogP contribution in [0.2, 0.25) is 0 Å². The van der Waals surface area contributed by atoms with Crippen LogP contribution in [0, 0.1) is 0 Å². The maximum Gasteiger partial charge on any atom is 0.328 e. The van der Waals surface area contributed by atoms with E-state index in [0.717, 1.165) is 16.8 Å². The van der Waals surface area contributed by atoms with E-state index in [1.807, 2.05) is 36.4 Å². The van der Waals surface area contributed by atoms with Crippen LogP contribution >= 0.6 is 0 Å². The molecule has 4 heteroatoms. The van der Waals surface area contributed by atoms with E-state index in [2.05, 4.69) is 5.32 Å². The second kappa shape index (κ2) is 5.35. The molecule has 2 rings (SSSR count). The molecule has 0 saturated carbocycles. The Balaban J connectivity index is 2.32. The molecular weight excluding hydrogens is 242 g/mol. The number of aliphatic carboxylic acids is 1. The molecule has 0 heterocycles. The molecule has 0 aliphatic carbocycles. The predicted octanol–water partition coefficient (Wildman–Crippen LogP) is 2.81. The zero-order valence-electron chi connectivity index (χ0n) is 10.4. The van der Waals surface area contributed by atoms with E-state index in [4.69, 9.17) is 5.11 Å². The zero-order valence-corrected chi connectivity index (χ0v) is 10.4. The summed E-state index contributed by atoms with van der Waals surface area (Å²) in [4.78, 5) is 22.4. The number of hydrogen-bond donors (Lipinski definition) is 2. The number of carboxylic acids is 1. The first-order chi connectivity index (χ1) is 9.08. The van der Waals surface area contributed by atoms with Crippen LogP contribution < -0.4 is 5.32 Å². The van der Waals surface area contributed by atoms with Crippen molar-refractivity contribution in [1.29, 1.82) is 0 Å². The van der Waals surface area contributed by atoms with E-state index in [-0.39, 0.29) is 5.57 Å². The molecule has 19 heavy (non-hydrogen) atoms. The maximum atomic E-state index is 11.8. The molecule has 4 nitrogen and oxygen atoms in total. The second-order valence-corrected chi connectivity index (χ2v) is 4.15. The third kappa shape index (κ3) is 2.98. The van der Waals surface area contributed by atoms with Crippen LogP contribution in [0.1, 0.15) is 6.92 Å². The molecule has 0 aliphatic rings. The number of hydrogen-bond acceptors (Lipinski definition) is 2. The number of carbonyl (C=O) groups is 2. The molecule has 0 aromatic heterocycles. The van der Waals surface area contributed by atoms with Crippen LogP contribution in [-0.2, 0) is 9.59 Å². The molecule has 2 N–H and O–H groups in total. The Bertz CT molecular complexity index is 669. The number of fused-ring (bicyclic) bond motifs is 1. The molecule has 2 aromatic carbocycles. The third-order valence-electron chi connectivity index (χ3n) is 2.74. The van der Waals surface area contributed by atoms with Crippen molar-refractivity contribution < 1.29 is 14.7 Å². The molecule has 0 saturated heterocycles. The second-order valence-electron chi connectivity index (χ2n) is 4.15. The zero-order chi connectivity index (χ0) is 13.8. The van der Waals surface area contributed by atoms with E-state index in [0.29, 0.717) is 5.69 Å². The van der Waals surface area contributed by atoms with Gasteiger partial charge in [-0.15, -0.1) is 0 Å². The van der Waals surface area contributed by atoms with Crippen molar-refractivity contribution in [2.45, 2.75) is 6.92 Å². The lowest BCUT2D eigenvalue weighted by Crippen LogP contribution is -2.14. The molecule has 0 atom stereocenters. The van der Waals surface area contributed by atoms with Crippen molar-refractivity contribution in [1.82, 2.24) is 0 Å². The standard InChI is InChI=1S/C15H13NO3/c1-10(9-14(17)18)15(19)16-13-8-4-6-11-5-2-3-7-12(11)13/h2-9H,1H3,(H,16,19)(H,17,18)/b10-9+. The number of amides is 1. The van der Waals surface area contributed by atoms with Gasteiger partial charge in [0.2, 0.25) is 0 Å². The van der Waals surface area contributed by atoms with E-state index < -0.39 is 11.9 Å². The summed E-state index contributed by atoms with van der Waals surface area (Å²) >= 11 is 0. The largest absolute Gasteiger partial charge is 0.478 e. The SMILES string of the molecule is C/C(=C\C(=O)O)C(=O)Nc1cccc2ccccc12. The van der Waals surface area contributed by atoms with Gasteiger partial charge in [-0.2, -0.15) is 0 Å². The Hall–Kier alpha value is -2.62. The quantitative estimate of drug-likeness (QED) is 0.829. The van der Waals surface area contributed by atoms with Crippen LogP contribution in [0.3, 0.4) is 0 Å². The normalized spacial score (nSPS) is 11.3. The molecule has 0 bridgehead atoms. The summed E-state index contributed by atoms with van der Waals surface area (Å²) in [6.45, 7) is 1.47. The number of carboxylic acid groups (broad SMARTS) is 1. The van der Waals surface area contributed by atoms with Crippen molar-refractivity contribution >= 4 is 28.3 Å². The minimum atomic E-state index is -1.13. The summed E-state index contributed by atoms with van der Waals surface area (Å²) in [5.74, 6) is -1.55. The Morgan fingerprint density at radius 2 is 1.79 bits per heavy atom. The number of nitrogens with one attached hydrogen (secondary N) is 1. The summed E-state index contributed by atoms with van der Waals surface area (Å²) in [5, 5.41) is 13.3. The minimum Gasteiger partial charge on any atom is -0.478 e. The van der Waals surface area contributed by atoms with Gasteiger partial charge in [0, 0.05) is 22.7 Å². The molecule has 0 spiro atoms. The van der Waals surface area contributed by atoms with Crippen molar-refractivity contribution in [2.75, 3.05) is 5.32 Å². The van der Waals surface area contributed by atoms with E-state index in [1.165, 1.54) is 6.92 Å². The molecule has 96 valence electrons. The van der Waals surface area contributed by atoms with E-state index in [1.54, 1.807) is 6.07 Å². The lowest BCUT2D eigenvalue weighted by Gasteiger charge is -2.08. The van der Waals surface area contributed by atoms with Gasteiger partial charge < -0.3 is 10.4 Å². The van der Waals surface area contributed by atoms with Gasteiger partial charge in [0.15, 0.2) is 0 Å². The smallest absolute Gasteiger partial charge is 0.328 e. The summed E-state index contributed by atoms with van der Waals surface area (Å²) in [6, 6.07) is 13.2. The Kier molecular flexibility index (Phi) is 3.61. The molecule has 0 aliphatic heterocycles. The monoisotopic (exact) mass is 255 g/mol. The summed E-state index contributed by atoms with van der Waals surface area (Å²) < 4.78 is 0. The van der Waals surface area contributed by atoms with Gasteiger partial charge in [-0.1, -0.05) is 36.4 Å². The highest BCUT2D eigenvalue weighted by atomic mass is 16.4. The summed E-state index contributed by atoms with van der Waals surface area (Å²) in [6.07, 6.45) is 0.889. The van der Waals surface area contributed by atoms with Crippen LogP contribution in [0.4, 0.5) is 5.69 Å².